The number of hydrogen-bond donors (Lipinski definition) is 0. The van der Waals surface area contributed by atoms with Crippen LogP contribution in [0.2, 0.25) is 0 Å². The first-order chi connectivity index (χ1) is 10.5. The second-order valence-electron chi connectivity index (χ2n) is 4.65. The molecule has 1 aliphatic heterocycles. The summed E-state index contributed by atoms with van der Waals surface area (Å²) in [5, 5.41) is 10.8. The third kappa shape index (κ3) is 3.56. The van der Waals surface area contributed by atoms with E-state index in [4.69, 9.17) is 4.74 Å². The number of esters is 1. The molecule has 1 aromatic carbocycles. The molecule has 0 bridgehead atoms. The van der Waals surface area contributed by atoms with Crippen molar-refractivity contribution in [2.24, 2.45) is 0 Å². The van der Waals surface area contributed by atoms with E-state index in [0.29, 0.717) is 12.3 Å². The average Bonchev–Trinajstić information content (AvgIpc) is 2.54. The minimum absolute atomic E-state index is 0.148. The maximum atomic E-state index is 12.6. The van der Waals surface area contributed by atoms with Gasteiger partial charge in [0.1, 0.15) is 6.04 Å². The van der Waals surface area contributed by atoms with Crippen LogP contribution in [0, 0.1) is 10.1 Å². The topological polar surface area (TPSA) is 89.8 Å². The molecule has 7 nitrogen and oxygen atoms in total. The molecule has 0 N–H and O–H groups in total. The summed E-state index contributed by atoms with van der Waals surface area (Å²) in [4.78, 5) is 36.3. The molecule has 1 saturated heterocycles. The first kappa shape index (κ1) is 16.3. The van der Waals surface area contributed by atoms with Crippen LogP contribution in [0.3, 0.4) is 0 Å². The summed E-state index contributed by atoms with van der Waals surface area (Å²) in [5.74, 6) is 0.367. The number of rotatable bonds is 4. The summed E-state index contributed by atoms with van der Waals surface area (Å²) in [6, 6.07) is 4.88. The molecule has 8 heteroatoms. The van der Waals surface area contributed by atoms with Gasteiger partial charge in [0.05, 0.1) is 11.5 Å². The van der Waals surface area contributed by atoms with E-state index in [2.05, 4.69) is 0 Å². The average molecular weight is 324 g/mol. The minimum atomic E-state index is -0.648. The maximum absolute atomic E-state index is 12.6. The second kappa shape index (κ2) is 7.26. The highest BCUT2D eigenvalue weighted by molar-refractivity contribution is 7.99. The van der Waals surface area contributed by atoms with E-state index in [9.17, 15) is 19.7 Å². The Morgan fingerprint density at radius 1 is 1.50 bits per heavy atom. The Morgan fingerprint density at radius 3 is 2.95 bits per heavy atom. The number of amides is 1. The molecule has 0 saturated carbocycles. The van der Waals surface area contributed by atoms with Gasteiger partial charge in [-0.25, -0.2) is 4.79 Å². The first-order valence-electron chi connectivity index (χ1n) is 6.84. The maximum Gasteiger partial charge on any atom is 0.329 e. The molecule has 1 aromatic rings. The Kier molecular flexibility index (Phi) is 5.37. The summed E-state index contributed by atoms with van der Waals surface area (Å²) in [6.07, 6.45) is 0. The summed E-state index contributed by atoms with van der Waals surface area (Å²) >= 11 is 1.58. The van der Waals surface area contributed by atoms with Gasteiger partial charge in [0, 0.05) is 35.7 Å². The summed E-state index contributed by atoms with van der Waals surface area (Å²) in [5.41, 5.74) is 0.0558. The lowest BCUT2D eigenvalue weighted by atomic mass is 10.1. The van der Waals surface area contributed by atoms with Gasteiger partial charge in [-0.15, -0.1) is 0 Å². The summed E-state index contributed by atoms with van der Waals surface area (Å²) in [6.45, 7) is 2.37. The van der Waals surface area contributed by atoms with Crippen LogP contribution in [0.5, 0.6) is 0 Å². The number of thioether (sulfide) groups is 1. The zero-order valence-electron chi connectivity index (χ0n) is 12.1. The van der Waals surface area contributed by atoms with Crippen molar-refractivity contribution >= 4 is 29.3 Å². The summed E-state index contributed by atoms with van der Waals surface area (Å²) in [7, 11) is 0. The van der Waals surface area contributed by atoms with Gasteiger partial charge in [0.15, 0.2) is 0 Å². The molecule has 0 aromatic heterocycles. The smallest absolute Gasteiger partial charge is 0.329 e. The van der Waals surface area contributed by atoms with Gasteiger partial charge in [-0.1, -0.05) is 6.07 Å². The molecule has 1 amide bonds. The van der Waals surface area contributed by atoms with Gasteiger partial charge >= 0.3 is 5.97 Å². The van der Waals surface area contributed by atoms with Crippen molar-refractivity contribution in [1.82, 2.24) is 4.90 Å². The van der Waals surface area contributed by atoms with Crippen LogP contribution in [0.4, 0.5) is 5.69 Å². The summed E-state index contributed by atoms with van der Waals surface area (Å²) < 4.78 is 5.01. The third-order valence-corrected chi connectivity index (χ3v) is 4.27. The fraction of sp³-hybridized carbons (Fsp3) is 0.429. The quantitative estimate of drug-likeness (QED) is 0.476. The van der Waals surface area contributed by atoms with Crippen molar-refractivity contribution in [3.8, 4) is 0 Å². The molecule has 22 heavy (non-hydrogen) atoms. The van der Waals surface area contributed by atoms with E-state index in [1.165, 1.54) is 29.2 Å². The number of carbonyl (C=O) groups excluding carboxylic acids is 2. The first-order valence-corrected chi connectivity index (χ1v) is 8.00. The molecule has 2 rings (SSSR count). The van der Waals surface area contributed by atoms with Crippen molar-refractivity contribution in [2.75, 3.05) is 24.7 Å². The van der Waals surface area contributed by atoms with Crippen LogP contribution in [-0.4, -0.2) is 52.4 Å². The van der Waals surface area contributed by atoms with Crippen molar-refractivity contribution < 1.29 is 19.2 Å². The molecule has 1 aliphatic rings. The van der Waals surface area contributed by atoms with Gasteiger partial charge in [-0.3, -0.25) is 14.9 Å². The second-order valence-corrected chi connectivity index (χ2v) is 5.80. The van der Waals surface area contributed by atoms with Gasteiger partial charge in [-0.2, -0.15) is 11.8 Å². The van der Waals surface area contributed by atoms with E-state index in [0.717, 1.165) is 5.75 Å². The van der Waals surface area contributed by atoms with Crippen LogP contribution < -0.4 is 0 Å². The van der Waals surface area contributed by atoms with E-state index in [1.807, 2.05) is 0 Å². The van der Waals surface area contributed by atoms with Gasteiger partial charge in [0.25, 0.3) is 11.6 Å². The number of carbonyl (C=O) groups is 2. The standard InChI is InChI=1S/C14H16N2O5S/c1-2-21-14(18)12-9-22-7-6-15(12)13(17)10-4-3-5-11(8-10)16(19)20/h3-5,8,12H,2,6-7,9H2,1H3. The van der Waals surface area contributed by atoms with E-state index < -0.39 is 16.9 Å². The van der Waals surface area contributed by atoms with Crippen LogP contribution in [0.1, 0.15) is 17.3 Å². The largest absolute Gasteiger partial charge is 0.464 e. The Balaban J connectivity index is 2.23. The van der Waals surface area contributed by atoms with Gasteiger partial charge in [-0.05, 0) is 13.0 Å². The van der Waals surface area contributed by atoms with Crippen molar-refractivity contribution in [3.63, 3.8) is 0 Å². The molecule has 0 aliphatic carbocycles. The lowest BCUT2D eigenvalue weighted by molar-refractivity contribution is -0.384. The molecule has 0 spiro atoms. The lowest BCUT2D eigenvalue weighted by Gasteiger charge is -2.33. The fourth-order valence-corrected chi connectivity index (χ4v) is 3.23. The molecule has 1 atom stereocenters. The van der Waals surface area contributed by atoms with E-state index in [1.54, 1.807) is 18.7 Å². The van der Waals surface area contributed by atoms with Gasteiger partial charge < -0.3 is 9.64 Å². The number of nitrogens with zero attached hydrogens (tertiary/aromatic N) is 2. The Hall–Kier alpha value is -2.09. The van der Waals surface area contributed by atoms with Crippen molar-refractivity contribution in [3.05, 3.63) is 39.9 Å². The Morgan fingerprint density at radius 2 is 2.27 bits per heavy atom. The predicted molar refractivity (Wildman–Crippen MR) is 81.9 cm³/mol. The number of nitro benzene ring substituents is 1. The molecular formula is C14H16N2O5S. The monoisotopic (exact) mass is 324 g/mol. The van der Waals surface area contributed by atoms with Crippen molar-refractivity contribution in [1.29, 1.82) is 0 Å². The van der Waals surface area contributed by atoms with Crippen molar-refractivity contribution in [2.45, 2.75) is 13.0 Å². The lowest BCUT2D eigenvalue weighted by Crippen LogP contribution is -2.51. The fourth-order valence-electron chi connectivity index (χ4n) is 2.20. The van der Waals surface area contributed by atoms with E-state index >= 15 is 0 Å². The predicted octanol–water partition coefficient (Wildman–Crippen LogP) is 1.72. The molecule has 0 radical (unpaired) electrons. The number of non-ortho nitro benzene ring substituents is 1. The number of nitro groups is 1. The number of benzene rings is 1. The highest BCUT2D eigenvalue weighted by Crippen LogP contribution is 2.22. The highest BCUT2D eigenvalue weighted by Gasteiger charge is 2.34. The highest BCUT2D eigenvalue weighted by atomic mass is 32.2. The van der Waals surface area contributed by atoms with Crippen LogP contribution in [0.15, 0.2) is 24.3 Å². The third-order valence-electron chi connectivity index (χ3n) is 3.25. The zero-order valence-corrected chi connectivity index (χ0v) is 12.9. The molecule has 1 heterocycles. The molecular weight excluding hydrogens is 308 g/mol. The molecule has 1 fully saturated rings. The number of hydrogen-bond acceptors (Lipinski definition) is 6. The SMILES string of the molecule is CCOC(=O)C1CSCCN1C(=O)c1cccc([N+](=O)[O-])c1. The van der Waals surface area contributed by atoms with Crippen LogP contribution >= 0.6 is 11.8 Å². The van der Waals surface area contributed by atoms with Crippen LogP contribution in [-0.2, 0) is 9.53 Å². The van der Waals surface area contributed by atoms with Gasteiger partial charge in [0.2, 0.25) is 0 Å². The van der Waals surface area contributed by atoms with E-state index in [-0.39, 0.29) is 23.8 Å². The zero-order chi connectivity index (χ0) is 16.1. The minimum Gasteiger partial charge on any atom is -0.464 e. The Labute approximate surface area is 131 Å². The Bertz CT molecular complexity index is 592. The number of ether oxygens (including phenoxy) is 1. The molecule has 118 valence electrons. The normalized spacial score (nSPS) is 17.9. The van der Waals surface area contributed by atoms with Crippen LogP contribution in [0.25, 0.3) is 0 Å². The molecule has 1 unspecified atom stereocenters.